The Morgan fingerprint density at radius 3 is 2.46 bits per heavy atom. The first-order valence-electron chi connectivity index (χ1n) is 13.3. The summed E-state index contributed by atoms with van der Waals surface area (Å²) in [6.45, 7) is 6.02. The number of carbonyl (C=O) groups is 1. The van der Waals surface area contributed by atoms with Crippen molar-refractivity contribution in [2.45, 2.75) is 77.2 Å². The molecule has 1 heterocycles. The molecule has 2 bridgehead atoms. The molecule has 1 aromatic carbocycles. The van der Waals surface area contributed by atoms with E-state index in [-0.39, 0.29) is 35.8 Å². The molecule has 8 nitrogen and oxygen atoms in total. The van der Waals surface area contributed by atoms with Gasteiger partial charge in [-0.05, 0) is 75.8 Å². The molecule has 2 fully saturated rings. The maximum absolute atomic E-state index is 13.3. The van der Waals surface area contributed by atoms with E-state index in [1.165, 1.54) is 18.3 Å². The Morgan fingerprint density at radius 2 is 1.82 bits per heavy atom. The molecular formula is C28H35F3N6O2. The van der Waals surface area contributed by atoms with Crippen LogP contribution < -0.4 is 16.0 Å². The third-order valence-corrected chi connectivity index (χ3v) is 7.35. The Kier molecular flexibility index (Phi) is 8.52. The van der Waals surface area contributed by atoms with Crippen LogP contribution in [0.1, 0.15) is 69.6 Å². The molecule has 2 aromatic rings. The number of ether oxygens (including phenoxy) is 1. The van der Waals surface area contributed by atoms with Crippen LogP contribution >= 0.6 is 0 Å². The Balaban J connectivity index is 1.38. The second-order valence-corrected chi connectivity index (χ2v) is 11.4. The van der Waals surface area contributed by atoms with Gasteiger partial charge in [0.05, 0.1) is 11.8 Å². The van der Waals surface area contributed by atoms with Crippen LogP contribution in [0.15, 0.2) is 30.5 Å². The van der Waals surface area contributed by atoms with Gasteiger partial charge in [-0.2, -0.15) is 23.4 Å². The van der Waals surface area contributed by atoms with Gasteiger partial charge in [-0.3, -0.25) is 0 Å². The summed E-state index contributed by atoms with van der Waals surface area (Å²) in [5.74, 6) is 1.51. The van der Waals surface area contributed by atoms with Crippen molar-refractivity contribution in [3.63, 3.8) is 0 Å². The minimum atomic E-state index is -4.46. The van der Waals surface area contributed by atoms with Gasteiger partial charge in [0.1, 0.15) is 23.1 Å². The van der Waals surface area contributed by atoms with Crippen molar-refractivity contribution in [2.24, 2.45) is 17.8 Å². The summed E-state index contributed by atoms with van der Waals surface area (Å²) in [5.41, 5.74) is -0.926. The Labute approximate surface area is 226 Å². The molecule has 210 valence electrons. The molecule has 2 aliphatic carbocycles. The summed E-state index contributed by atoms with van der Waals surface area (Å²) < 4.78 is 45.4. The van der Waals surface area contributed by atoms with Gasteiger partial charge in [-0.25, -0.2) is 9.78 Å². The van der Waals surface area contributed by atoms with Crippen LogP contribution in [0.2, 0.25) is 0 Å². The van der Waals surface area contributed by atoms with E-state index < -0.39 is 17.3 Å². The molecule has 0 aliphatic heterocycles. The number of aromatic nitrogens is 2. The Bertz CT molecular complexity index is 1190. The standard InChI is InChI=1S/C28H35F3N6O2/c1-27(2,3)39-26(38)36-23-18-8-6-9-19(23)12-17(11-18)14-33-24-21(13-32)16-35-25(37-24)34-15-20-7-4-5-10-22(20)28(29,30)31/h4-5,7,10,16-19,23H,6,8-9,11-12,14-15H2,1-3H3,(H,36,38)(H2,33,34,35,37)/t17?,18-,19+,23-. The summed E-state index contributed by atoms with van der Waals surface area (Å²) in [5, 5.41) is 18.8. The van der Waals surface area contributed by atoms with Gasteiger partial charge in [0.25, 0.3) is 0 Å². The molecule has 2 aliphatic rings. The maximum Gasteiger partial charge on any atom is 0.416 e. The summed E-state index contributed by atoms with van der Waals surface area (Å²) in [6.07, 6.45) is 1.60. The molecule has 4 atom stereocenters. The van der Waals surface area contributed by atoms with Crippen LogP contribution in [-0.4, -0.2) is 34.2 Å². The van der Waals surface area contributed by atoms with Crippen molar-refractivity contribution in [3.8, 4) is 6.07 Å². The van der Waals surface area contributed by atoms with E-state index in [2.05, 4.69) is 32.0 Å². The van der Waals surface area contributed by atoms with Crippen molar-refractivity contribution in [2.75, 3.05) is 17.2 Å². The number of halogens is 3. The minimum Gasteiger partial charge on any atom is -0.444 e. The van der Waals surface area contributed by atoms with E-state index in [1.807, 2.05) is 20.8 Å². The van der Waals surface area contributed by atoms with Crippen molar-refractivity contribution in [3.05, 3.63) is 47.2 Å². The maximum atomic E-state index is 13.3. The van der Waals surface area contributed by atoms with Gasteiger partial charge in [-0.1, -0.05) is 24.6 Å². The lowest BCUT2D eigenvalue weighted by Gasteiger charge is -2.46. The second kappa shape index (κ2) is 11.7. The number of fused-ring (bicyclic) bond motifs is 2. The number of carbonyl (C=O) groups excluding carboxylic acids is 1. The highest BCUT2D eigenvalue weighted by Gasteiger charge is 2.41. The molecule has 2 saturated carbocycles. The van der Waals surface area contributed by atoms with E-state index >= 15 is 0 Å². The quantitative estimate of drug-likeness (QED) is 0.386. The molecule has 39 heavy (non-hydrogen) atoms. The number of amides is 1. The largest absolute Gasteiger partial charge is 0.444 e. The van der Waals surface area contributed by atoms with Gasteiger partial charge >= 0.3 is 12.3 Å². The van der Waals surface area contributed by atoms with Crippen LogP contribution in [0.4, 0.5) is 29.7 Å². The fraction of sp³-hybridized carbons (Fsp3) is 0.571. The fourth-order valence-corrected chi connectivity index (χ4v) is 5.76. The van der Waals surface area contributed by atoms with Gasteiger partial charge < -0.3 is 20.7 Å². The zero-order valence-electron chi connectivity index (χ0n) is 22.4. The molecule has 11 heteroatoms. The number of nitrogens with one attached hydrogen (secondary N) is 3. The van der Waals surface area contributed by atoms with E-state index in [9.17, 15) is 23.2 Å². The SMILES string of the molecule is CC(C)(C)OC(=O)N[C@@H]1[C@@H]2CCC[C@H]1CC(CNc1nc(NCc3ccccc3C(F)(F)F)ncc1C#N)C2. The number of rotatable bonds is 7. The molecule has 1 unspecified atom stereocenters. The van der Waals surface area contributed by atoms with Crippen molar-refractivity contribution in [1.29, 1.82) is 5.26 Å². The van der Waals surface area contributed by atoms with Gasteiger partial charge in [-0.15, -0.1) is 0 Å². The lowest BCUT2D eigenvalue weighted by molar-refractivity contribution is -0.138. The van der Waals surface area contributed by atoms with Gasteiger partial charge in [0, 0.05) is 19.1 Å². The zero-order chi connectivity index (χ0) is 28.2. The zero-order valence-corrected chi connectivity index (χ0v) is 22.4. The molecule has 0 saturated heterocycles. The number of hydrogen-bond donors (Lipinski definition) is 3. The molecule has 1 amide bonds. The van der Waals surface area contributed by atoms with Crippen LogP contribution in [-0.2, 0) is 17.5 Å². The summed E-state index contributed by atoms with van der Waals surface area (Å²) >= 11 is 0. The van der Waals surface area contributed by atoms with E-state index in [0.717, 1.165) is 38.2 Å². The predicted molar refractivity (Wildman–Crippen MR) is 141 cm³/mol. The monoisotopic (exact) mass is 544 g/mol. The highest BCUT2D eigenvalue weighted by Crippen LogP contribution is 2.43. The third-order valence-electron chi connectivity index (χ3n) is 7.35. The Hall–Kier alpha value is -3.55. The van der Waals surface area contributed by atoms with Crippen LogP contribution in [0, 0.1) is 29.1 Å². The number of nitriles is 1. The van der Waals surface area contributed by atoms with Crippen molar-refractivity contribution >= 4 is 17.9 Å². The first-order chi connectivity index (χ1) is 18.4. The van der Waals surface area contributed by atoms with E-state index in [1.54, 1.807) is 6.07 Å². The van der Waals surface area contributed by atoms with Crippen molar-refractivity contribution in [1.82, 2.24) is 15.3 Å². The van der Waals surface area contributed by atoms with Crippen LogP contribution in [0.25, 0.3) is 0 Å². The normalized spacial score (nSPS) is 22.9. The van der Waals surface area contributed by atoms with E-state index in [4.69, 9.17) is 4.74 Å². The number of alkyl carbamates (subject to hydrolysis) is 1. The topological polar surface area (TPSA) is 112 Å². The highest BCUT2D eigenvalue weighted by atomic mass is 19.4. The predicted octanol–water partition coefficient (Wildman–Crippen LogP) is 6.11. The molecule has 4 rings (SSSR count). The summed E-state index contributed by atoms with van der Waals surface area (Å²) in [7, 11) is 0. The van der Waals surface area contributed by atoms with Crippen LogP contribution in [0.3, 0.4) is 0 Å². The van der Waals surface area contributed by atoms with Gasteiger partial charge in [0.15, 0.2) is 0 Å². The lowest BCUT2D eigenvalue weighted by Crippen LogP contribution is -2.52. The Morgan fingerprint density at radius 1 is 1.13 bits per heavy atom. The fourth-order valence-electron chi connectivity index (χ4n) is 5.76. The summed E-state index contributed by atoms with van der Waals surface area (Å²) in [4.78, 5) is 20.9. The minimum absolute atomic E-state index is 0.0794. The number of hydrogen-bond acceptors (Lipinski definition) is 7. The molecule has 1 aromatic heterocycles. The van der Waals surface area contributed by atoms with Crippen molar-refractivity contribution < 1.29 is 22.7 Å². The van der Waals surface area contributed by atoms with E-state index in [0.29, 0.717) is 30.1 Å². The second-order valence-electron chi connectivity index (χ2n) is 11.4. The highest BCUT2D eigenvalue weighted by molar-refractivity contribution is 5.68. The smallest absolute Gasteiger partial charge is 0.416 e. The average molecular weight is 545 g/mol. The number of alkyl halides is 3. The molecular weight excluding hydrogens is 509 g/mol. The first kappa shape index (κ1) is 28.5. The van der Waals surface area contributed by atoms with Gasteiger partial charge in [0.2, 0.25) is 5.95 Å². The number of nitrogens with zero attached hydrogens (tertiary/aromatic N) is 3. The number of benzene rings is 1. The third kappa shape index (κ3) is 7.52. The molecule has 0 radical (unpaired) electrons. The lowest BCUT2D eigenvalue weighted by atomic mass is 9.64. The average Bonchev–Trinajstić information content (AvgIpc) is 2.85. The number of anilines is 2. The molecule has 0 spiro atoms. The van der Waals surface area contributed by atoms with Crippen LogP contribution in [0.5, 0.6) is 0 Å². The molecule has 3 N–H and O–H groups in total. The summed E-state index contributed by atoms with van der Waals surface area (Å²) in [6, 6.07) is 7.51. The first-order valence-corrected chi connectivity index (χ1v) is 13.3.